The number of benzene rings is 1. The Kier molecular flexibility index (Phi) is 5.23. The molecule has 3 nitrogen and oxygen atoms in total. The zero-order valence-electron chi connectivity index (χ0n) is 12.0. The molecule has 3 heteroatoms. The van der Waals surface area contributed by atoms with Gasteiger partial charge < -0.3 is 15.2 Å². The standard InChI is InChI=1S/C16H25NO2/c1-3-17-15-8-4-7-14-13(15)6-5-9-16(14)19-11-12(2)10-18/h5-6,9,12,15,17-18H,3-4,7-8,10-11H2,1-2H3. The van der Waals surface area contributed by atoms with Crippen LogP contribution in [0.25, 0.3) is 0 Å². The highest BCUT2D eigenvalue weighted by Gasteiger charge is 2.22. The highest BCUT2D eigenvalue weighted by Crippen LogP contribution is 2.35. The van der Waals surface area contributed by atoms with Gasteiger partial charge in [0.05, 0.1) is 6.61 Å². The molecule has 2 unspecified atom stereocenters. The molecular formula is C16H25NO2. The molecule has 0 spiro atoms. The van der Waals surface area contributed by atoms with E-state index in [1.165, 1.54) is 24.0 Å². The molecule has 19 heavy (non-hydrogen) atoms. The second-order valence-electron chi connectivity index (χ2n) is 5.43. The first-order chi connectivity index (χ1) is 9.26. The number of aliphatic hydroxyl groups excluding tert-OH is 1. The molecule has 0 radical (unpaired) electrons. The van der Waals surface area contributed by atoms with Crippen molar-refractivity contribution in [2.24, 2.45) is 5.92 Å². The lowest BCUT2D eigenvalue weighted by Gasteiger charge is -2.28. The molecule has 0 saturated heterocycles. The second-order valence-corrected chi connectivity index (χ2v) is 5.43. The van der Waals surface area contributed by atoms with Crippen LogP contribution < -0.4 is 10.1 Å². The van der Waals surface area contributed by atoms with Crippen molar-refractivity contribution in [1.29, 1.82) is 0 Å². The Labute approximate surface area is 116 Å². The molecule has 0 fully saturated rings. The molecular weight excluding hydrogens is 238 g/mol. The van der Waals surface area contributed by atoms with Crippen LogP contribution in [0.3, 0.4) is 0 Å². The zero-order valence-corrected chi connectivity index (χ0v) is 12.0. The van der Waals surface area contributed by atoms with Crippen LogP contribution in [0, 0.1) is 5.92 Å². The van der Waals surface area contributed by atoms with Crippen LogP contribution in [-0.2, 0) is 6.42 Å². The number of fused-ring (bicyclic) bond motifs is 1. The Morgan fingerprint density at radius 1 is 1.47 bits per heavy atom. The normalized spacial score (nSPS) is 19.8. The molecule has 106 valence electrons. The zero-order chi connectivity index (χ0) is 13.7. The van der Waals surface area contributed by atoms with Crippen molar-refractivity contribution >= 4 is 0 Å². The van der Waals surface area contributed by atoms with Gasteiger partial charge in [0, 0.05) is 18.6 Å². The summed E-state index contributed by atoms with van der Waals surface area (Å²) in [5.74, 6) is 1.18. The minimum atomic E-state index is 0.176. The molecule has 1 aliphatic carbocycles. The van der Waals surface area contributed by atoms with Crippen molar-refractivity contribution in [3.8, 4) is 5.75 Å². The van der Waals surface area contributed by atoms with Crippen LogP contribution in [0.4, 0.5) is 0 Å². The molecule has 0 amide bonds. The largest absolute Gasteiger partial charge is 0.493 e. The summed E-state index contributed by atoms with van der Waals surface area (Å²) in [7, 11) is 0. The lowest BCUT2D eigenvalue weighted by Crippen LogP contribution is -2.25. The van der Waals surface area contributed by atoms with E-state index in [9.17, 15) is 0 Å². The van der Waals surface area contributed by atoms with Gasteiger partial charge in [-0.1, -0.05) is 26.0 Å². The van der Waals surface area contributed by atoms with Crippen LogP contribution in [-0.4, -0.2) is 24.9 Å². The fraction of sp³-hybridized carbons (Fsp3) is 0.625. The van der Waals surface area contributed by atoms with Crippen LogP contribution in [0.5, 0.6) is 5.75 Å². The molecule has 2 N–H and O–H groups in total. The highest BCUT2D eigenvalue weighted by atomic mass is 16.5. The van der Waals surface area contributed by atoms with Crippen LogP contribution in [0.1, 0.15) is 43.9 Å². The average Bonchev–Trinajstić information content (AvgIpc) is 2.45. The summed E-state index contributed by atoms with van der Waals surface area (Å²) in [5, 5.41) is 12.6. The topological polar surface area (TPSA) is 41.5 Å². The minimum Gasteiger partial charge on any atom is -0.493 e. The first kappa shape index (κ1) is 14.4. The molecule has 0 heterocycles. The van der Waals surface area contributed by atoms with Gasteiger partial charge in [0.25, 0.3) is 0 Å². The molecule has 0 saturated carbocycles. The number of ether oxygens (including phenoxy) is 1. The van der Waals surface area contributed by atoms with Gasteiger partial charge in [-0.05, 0) is 43.0 Å². The van der Waals surface area contributed by atoms with Gasteiger partial charge in [-0.2, -0.15) is 0 Å². The van der Waals surface area contributed by atoms with E-state index in [2.05, 4.69) is 30.4 Å². The minimum absolute atomic E-state index is 0.176. The summed E-state index contributed by atoms with van der Waals surface area (Å²) in [5.41, 5.74) is 2.74. The maximum atomic E-state index is 9.07. The van der Waals surface area contributed by atoms with Gasteiger partial charge >= 0.3 is 0 Å². The van der Waals surface area contributed by atoms with E-state index in [0.29, 0.717) is 12.6 Å². The van der Waals surface area contributed by atoms with Gasteiger partial charge in [0.1, 0.15) is 5.75 Å². The lowest BCUT2D eigenvalue weighted by molar-refractivity contribution is 0.173. The third kappa shape index (κ3) is 3.48. The number of hydrogen-bond donors (Lipinski definition) is 2. The fourth-order valence-electron chi connectivity index (χ4n) is 2.69. The Hall–Kier alpha value is -1.06. The van der Waals surface area contributed by atoms with E-state index >= 15 is 0 Å². The molecule has 0 aromatic heterocycles. The van der Waals surface area contributed by atoms with Gasteiger partial charge in [-0.15, -0.1) is 0 Å². The van der Waals surface area contributed by atoms with E-state index in [0.717, 1.165) is 18.7 Å². The summed E-state index contributed by atoms with van der Waals surface area (Å²) in [6, 6.07) is 6.81. The number of aliphatic hydroxyl groups is 1. The van der Waals surface area contributed by atoms with Crippen molar-refractivity contribution in [2.75, 3.05) is 19.8 Å². The molecule has 0 aliphatic heterocycles. The molecule has 1 aromatic carbocycles. The number of rotatable bonds is 6. The first-order valence-electron chi connectivity index (χ1n) is 7.35. The SMILES string of the molecule is CCNC1CCCc2c(OCC(C)CO)cccc21. The number of nitrogens with one attached hydrogen (secondary N) is 1. The van der Waals surface area contributed by atoms with Crippen LogP contribution in [0.15, 0.2) is 18.2 Å². The maximum absolute atomic E-state index is 9.07. The van der Waals surface area contributed by atoms with Gasteiger partial charge in [-0.25, -0.2) is 0 Å². The summed E-state index contributed by atoms with van der Waals surface area (Å²) >= 11 is 0. The van der Waals surface area contributed by atoms with Gasteiger partial charge in [0.15, 0.2) is 0 Å². The predicted molar refractivity (Wildman–Crippen MR) is 77.5 cm³/mol. The third-order valence-electron chi connectivity index (χ3n) is 3.75. The van der Waals surface area contributed by atoms with E-state index in [-0.39, 0.29) is 12.5 Å². The Bertz CT molecular complexity index is 406. The van der Waals surface area contributed by atoms with Crippen molar-refractivity contribution in [2.45, 2.75) is 39.2 Å². The lowest BCUT2D eigenvalue weighted by atomic mass is 9.87. The summed E-state index contributed by atoms with van der Waals surface area (Å²) in [6.07, 6.45) is 3.51. The van der Waals surface area contributed by atoms with E-state index in [1.54, 1.807) is 0 Å². The van der Waals surface area contributed by atoms with Gasteiger partial charge in [-0.3, -0.25) is 0 Å². The van der Waals surface area contributed by atoms with Crippen LogP contribution in [0.2, 0.25) is 0 Å². The Morgan fingerprint density at radius 2 is 2.32 bits per heavy atom. The summed E-state index contributed by atoms with van der Waals surface area (Å²) in [6.45, 7) is 5.90. The van der Waals surface area contributed by atoms with Crippen molar-refractivity contribution in [1.82, 2.24) is 5.32 Å². The molecule has 0 bridgehead atoms. The summed E-state index contributed by atoms with van der Waals surface area (Å²) < 4.78 is 5.90. The monoisotopic (exact) mass is 263 g/mol. The average molecular weight is 263 g/mol. The fourth-order valence-corrected chi connectivity index (χ4v) is 2.69. The summed E-state index contributed by atoms with van der Waals surface area (Å²) in [4.78, 5) is 0. The smallest absolute Gasteiger partial charge is 0.122 e. The van der Waals surface area contributed by atoms with E-state index in [1.807, 2.05) is 6.92 Å². The molecule has 1 aliphatic rings. The Balaban J connectivity index is 2.15. The molecule has 2 atom stereocenters. The van der Waals surface area contributed by atoms with E-state index < -0.39 is 0 Å². The van der Waals surface area contributed by atoms with Crippen molar-refractivity contribution in [3.63, 3.8) is 0 Å². The second kappa shape index (κ2) is 6.92. The van der Waals surface area contributed by atoms with Gasteiger partial charge in [0.2, 0.25) is 0 Å². The molecule has 2 rings (SSSR count). The van der Waals surface area contributed by atoms with Crippen molar-refractivity contribution in [3.05, 3.63) is 29.3 Å². The highest BCUT2D eigenvalue weighted by molar-refractivity contribution is 5.43. The molecule has 1 aromatic rings. The predicted octanol–water partition coefficient (Wildman–Crippen LogP) is 2.68. The van der Waals surface area contributed by atoms with E-state index in [4.69, 9.17) is 9.84 Å². The maximum Gasteiger partial charge on any atom is 0.122 e. The van der Waals surface area contributed by atoms with Crippen molar-refractivity contribution < 1.29 is 9.84 Å². The first-order valence-corrected chi connectivity index (χ1v) is 7.35. The quantitative estimate of drug-likeness (QED) is 0.829. The Morgan fingerprint density at radius 3 is 3.05 bits per heavy atom. The number of hydrogen-bond acceptors (Lipinski definition) is 3. The van der Waals surface area contributed by atoms with Crippen LogP contribution >= 0.6 is 0 Å². The third-order valence-corrected chi connectivity index (χ3v) is 3.75.